The van der Waals surface area contributed by atoms with E-state index in [9.17, 15) is 4.79 Å². The minimum Gasteiger partial charge on any atom is -0.485 e. The molecule has 0 radical (unpaired) electrons. The number of fused-ring (bicyclic) bond motifs is 1. The maximum absolute atomic E-state index is 13.0. The number of rotatable bonds is 3. The summed E-state index contributed by atoms with van der Waals surface area (Å²) in [5.74, 6) is 1.33. The number of amides is 1. The molecule has 2 aromatic carbocycles. The standard InChI is InChI=1S/C20H20ClNO3/c21-16-8-2-1-6-14(16)12-15-7-5-11-22(15)20(23)19-13-24-17-9-3-4-10-18(17)25-19/h1-4,6,8-10,15,19H,5,7,11-13H2. The Kier molecular flexibility index (Phi) is 4.53. The zero-order valence-corrected chi connectivity index (χ0v) is 14.6. The van der Waals surface area contributed by atoms with Gasteiger partial charge in [-0.2, -0.15) is 0 Å². The Balaban J connectivity index is 1.47. The topological polar surface area (TPSA) is 38.8 Å². The van der Waals surface area contributed by atoms with Crippen LogP contribution in [0.5, 0.6) is 11.5 Å². The summed E-state index contributed by atoms with van der Waals surface area (Å²) in [6.45, 7) is 1.01. The van der Waals surface area contributed by atoms with Gasteiger partial charge >= 0.3 is 0 Å². The van der Waals surface area contributed by atoms with Crippen molar-refractivity contribution in [2.45, 2.75) is 31.4 Å². The van der Waals surface area contributed by atoms with Gasteiger partial charge in [0.15, 0.2) is 11.5 Å². The molecule has 2 aromatic rings. The van der Waals surface area contributed by atoms with E-state index >= 15 is 0 Å². The molecular weight excluding hydrogens is 338 g/mol. The first-order valence-electron chi connectivity index (χ1n) is 8.65. The average Bonchev–Trinajstić information content (AvgIpc) is 3.11. The van der Waals surface area contributed by atoms with Crippen LogP contribution in [0, 0.1) is 0 Å². The summed E-state index contributed by atoms with van der Waals surface area (Å²) in [6, 6.07) is 15.5. The average molecular weight is 358 g/mol. The fraction of sp³-hybridized carbons (Fsp3) is 0.350. The number of benzene rings is 2. The Labute approximate surface area is 152 Å². The minimum absolute atomic E-state index is 0.00376. The molecule has 25 heavy (non-hydrogen) atoms. The van der Waals surface area contributed by atoms with Crippen molar-refractivity contribution in [2.75, 3.05) is 13.2 Å². The highest BCUT2D eigenvalue weighted by atomic mass is 35.5. The van der Waals surface area contributed by atoms with Crippen LogP contribution >= 0.6 is 11.6 Å². The second-order valence-electron chi connectivity index (χ2n) is 6.49. The van der Waals surface area contributed by atoms with Crippen molar-refractivity contribution < 1.29 is 14.3 Å². The summed E-state index contributed by atoms with van der Waals surface area (Å²) < 4.78 is 11.6. The summed E-state index contributed by atoms with van der Waals surface area (Å²) in [5.41, 5.74) is 1.08. The Hall–Kier alpha value is -2.20. The fourth-order valence-electron chi connectivity index (χ4n) is 3.58. The van der Waals surface area contributed by atoms with Crippen LogP contribution in [0.2, 0.25) is 5.02 Å². The lowest BCUT2D eigenvalue weighted by Gasteiger charge is -2.32. The first-order chi connectivity index (χ1) is 12.2. The SMILES string of the molecule is O=C(C1COc2ccccc2O1)N1CCCC1Cc1ccccc1Cl. The monoisotopic (exact) mass is 357 g/mol. The zero-order valence-electron chi connectivity index (χ0n) is 13.9. The lowest BCUT2D eigenvalue weighted by molar-refractivity contribution is -0.142. The molecule has 5 heteroatoms. The quantitative estimate of drug-likeness (QED) is 0.840. The van der Waals surface area contributed by atoms with Gasteiger partial charge in [-0.1, -0.05) is 41.9 Å². The van der Waals surface area contributed by atoms with Gasteiger partial charge in [-0.25, -0.2) is 0 Å². The Morgan fingerprint density at radius 3 is 2.72 bits per heavy atom. The van der Waals surface area contributed by atoms with Gasteiger partial charge in [0.05, 0.1) is 0 Å². The van der Waals surface area contributed by atoms with Crippen LogP contribution in [0.3, 0.4) is 0 Å². The number of carbonyl (C=O) groups excluding carboxylic acids is 1. The van der Waals surface area contributed by atoms with E-state index in [4.69, 9.17) is 21.1 Å². The van der Waals surface area contributed by atoms with Crippen LogP contribution in [0.15, 0.2) is 48.5 Å². The minimum atomic E-state index is -0.582. The molecule has 0 N–H and O–H groups in total. The lowest BCUT2D eigenvalue weighted by atomic mass is 10.0. The molecule has 0 saturated carbocycles. The summed E-state index contributed by atoms with van der Waals surface area (Å²) in [7, 11) is 0. The Morgan fingerprint density at radius 2 is 1.88 bits per heavy atom. The molecule has 2 aliphatic heterocycles. The van der Waals surface area contributed by atoms with E-state index in [1.807, 2.05) is 53.4 Å². The van der Waals surface area contributed by atoms with Gasteiger partial charge < -0.3 is 14.4 Å². The molecule has 1 amide bonds. The van der Waals surface area contributed by atoms with Crippen molar-refractivity contribution in [2.24, 2.45) is 0 Å². The molecule has 0 aliphatic carbocycles. The van der Waals surface area contributed by atoms with E-state index in [2.05, 4.69) is 0 Å². The van der Waals surface area contributed by atoms with Crippen molar-refractivity contribution in [1.82, 2.24) is 4.90 Å². The largest absolute Gasteiger partial charge is 0.485 e. The van der Waals surface area contributed by atoms with E-state index in [0.29, 0.717) is 11.5 Å². The molecular formula is C20H20ClNO3. The molecule has 2 aliphatic rings. The molecule has 0 aromatic heterocycles. The molecule has 0 spiro atoms. The Bertz CT molecular complexity index is 779. The number of nitrogens with zero attached hydrogens (tertiary/aromatic N) is 1. The predicted molar refractivity (Wildman–Crippen MR) is 96.2 cm³/mol. The van der Waals surface area contributed by atoms with Gasteiger partial charge in [-0.3, -0.25) is 4.79 Å². The molecule has 4 nitrogen and oxygen atoms in total. The van der Waals surface area contributed by atoms with E-state index in [0.717, 1.165) is 36.4 Å². The van der Waals surface area contributed by atoms with Crippen molar-refractivity contribution >= 4 is 17.5 Å². The summed E-state index contributed by atoms with van der Waals surface area (Å²) in [6.07, 6.45) is 2.18. The van der Waals surface area contributed by atoms with Gasteiger partial charge in [-0.05, 0) is 43.0 Å². The van der Waals surface area contributed by atoms with Crippen LogP contribution in [0.4, 0.5) is 0 Å². The van der Waals surface area contributed by atoms with Gasteiger partial charge in [0, 0.05) is 17.6 Å². The number of halogens is 1. The first-order valence-corrected chi connectivity index (χ1v) is 9.02. The summed E-state index contributed by atoms with van der Waals surface area (Å²) in [4.78, 5) is 14.9. The lowest BCUT2D eigenvalue weighted by Crippen LogP contribution is -2.48. The Morgan fingerprint density at radius 1 is 1.12 bits per heavy atom. The van der Waals surface area contributed by atoms with Crippen molar-refractivity contribution in [1.29, 1.82) is 0 Å². The van der Waals surface area contributed by atoms with Crippen molar-refractivity contribution in [3.8, 4) is 11.5 Å². The van der Waals surface area contributed by atoms with E-state index in [1.165, 1.54) is 0 Å². The molecule has 2 heterocycles. The van der Waals surface area contributed by atoms with E-state index in [1.54, 1.807) is 0 Å². The molecule has 2 atom stereocenters. The molecule has 130 valence electrons. The molecule has 4 rings (SSSR count). The second-order valence-corrected chi connectivity index (χ2v) is 6.89. The smallest absolute Gasteiger partial charge is 0.267 e. The highest BCUT2D eigenvalue weighted by Crippen LogP contribution is 2.32. The third-order valence-electron chi connectivity index (χ3n) is 4.86. The van der Waals surface area contributed by atoms with Gasteiger partial charge in [0.2, 0.25) is 6.10 Å². The van der Waals surface area contributed by atoms with Crippen LogP contribution in [-0.4, -0.2) is 36.1 Å². The van der Waals surface area contributed by atoms with Crippen LogP contribution in [0.25, 0.3) is 0 Å². The van der Waals surface area contributed by atoms with Gasteiger partial charge in [-0.15, -0.1) is 0 Å². The van der Waals surface area contributed by atoms with Crippen LogP contribution < -0.4 is 9.47 Å². The zero-order chi connectivity index (χ0) is 17.2. The highest BCUT2D eigenvalue weighted by Gasteiger charge is 2.36. The number of carbonyl (C=O) groups is 1. The van der Waals surface area contributed by atoms with Gasteiger partial charge in [0.1, 0.15) is 6.61 Å². The number of likely N-dealkylation sites (tertiary alicyclic amines) is 1. The van der Waals surface area contributed by atoms with Crippen molar-refractivity contribution in [3.63, 3.8) is 0 Å². The molecule has 1 saturated heterocycles. The third kappa shape index (κ3) is 3.31. The number of hydrogen-bond donors (Lipinski definition) is 0. The third-order valence-corrected chi connectivity index (χ3v) is 5.23. The highest BCUT2D eigenvalue weighted by molar-refractivity contribution is 6.31. The normalized spacial score (nSPS) is 22.0. The maximum atomic E-state index is 13.0. The van der Waals surface area contributed by atoms with Crippen LogP contribution in [0.1, 0.15) is 18.4 Å². The van der Waals surface area contributed by atoms with E-state index in [-0.39, 0.29) is 18.6 Å². The predicted octanol–water partition coefficient (Wildman–Crippen LogP) is 3.71. The summed E-state index contributed by atoms with van der Waals surface area (Å²) in [5, 5.41) is 0.757. The molecule has 0 bridgehead atoms. The fourth-order valence-corrected chi connectivity index (χ4v) is 3.79. The molecule has 2 unspecified atom stereocenters. The summed E-state index contributed by atoms with van der Waals surface area (Å²) >= 11 is 6.29. The van der Waals surface area contributed by atoms with E-state index < -0.39 is 6.10 Å². The number of para-hydroxylation sites is 2. The number of ether oxygens (including phenoxy) is 2. The van der Waals surface area contributed by atoms with Crippen LogP contribution in [-0.2, 0) is 11.2 Å². The maximum Gasteiger partial charge on any atom is 0.267 e. The first kappa shape index (κ1) is 16.3. The second kappa shape index (κ2) is 6.96. The number of hydrogen-bond acceptors (Lipinski definition) is 3. The van der Waals surface area contributed by atoms with Crippen molar-refractivity contribution in [3.05, 3.63) is 59.1 Å². The molecule has 1 fully saturated rings. The van der Waals surface area contributed by atoms with Gasteiger partial charge in [0.25, 0.3) is 5.91 Å².